The average Bonchev–Trinajstić information content (AvgIpc) is 2.77. The summed E-state index contributed by atoms with van der Waals surface area (Å²) in [4.78, 5) is 30.0. The van der Waals surface area contributed by atoms with Gasteiger partial charge in [0.15, 0.2) is 0 Å². The largest absolute Gasteiger partial charge is 0.322 e. The van der Waals surface area contributed by atoms with Crippen LogP contribution in [0.2, 0.25) is 0 Å². The van der Waals surface area contributed by atoms with E-state index in [0.717, 1.165) is 10.9 Å². The number of aromatic amines is 1. The zero-order valence-electron chi connectivity index (χ0n) is 17.4. The van der Waals surface area contributed by atoms with Crippen LogP contribution in [0.3, 0.4) is 0 Å². The van der Waals surface area contributed by atoms with Crippen LogP contribution >= 0.6 is 0 Å². The van der Waals surface area contributed by atoms with Gasteiger partial charge in [-0.25, -0.2) is 13.6 Å². The minimum absolute atomic E-state index is 0.0314. The number of carbonyl (C=O) groups excluding carboxylic acids is 1. The molecule has 0 saturated heterocycles. The number of anilines is 1. The molecule has 0 aliphatic carbocycles. The van der Waals surface area contributed by atoms with Gasteiger partial charge in [0.1, 0.15) is 11.6 Å². The molecule has 4 aromatic rings. The third-order valence-electron chi connectivity index (χ3n) is 5.11. The van der Waals surface area contributed by atoms with Crippen molar-refractivity contribution in [2.75, 3.05) is 5.32 Å². The summed E-state index contributed by atoms with van der Waals surface area (Å²) in [6.45, 7) is 2.14. The van der Waals surface area contributed by atoms with Gasteiger partial charge in [-0.2, -0.15) is 0 Å². The molecule has 0 aliphatic rings. The first-order chi connectivity index (χ1) is 15.4. The van der Waals surface area contributed by atoms with E-state index in [1.165, 1.54) is 41.3 Å². The van der Waals surface area contributed by atoms with E-state index < -0.39 is 11.8 Å². The number of nitrogens with one attached hydrogen (secondary N) is 2. The summed E-state index contributed by atoms with van der Waals surface area (Å²) in [7, 11) is 0. The lowest BCUT2D eigenvalue weighted by Gasteiger charge is -2.23. The van der Waals surface area contributed by atoms with Crippen LogP contribution in [0.15, 0.2) is 77.6 Å². The SMILES string of the molecule is Cc1ccc2[nH]c(=O)c(CN(Cc3ccc(F)cc3)C(=O)Nc3ccc(F)cc3)cc2c1. The summed E-state index contributed by atoms with van der Waals surface area (Å²) in [5, 5.41) is 3.58. The number of halogens is 2. The van der Waals surface area contributed by atoms with E-state index in [0.29, 0.717) is 22.3 Å². The van der Waals surface area contributed by atoms with Crippen LogP contribution in [0, 0.1) is 18.6 Å². The average molecular weight is 433 g/mol. The van der Waals surface area contributed by atoms with Crippen molar-refractivity contribution in [2.24, 2.45) is 0 Å². The fourth-order valence-electron chi connectivity index (χ4n) is 3.44. The van der Waals surface area contributed by atoms with Crippen LogP contribution in [0.1, 0.15) is 16.7 Å². The predicted molar refractivity (Wildman–Crippen MR) is 120 cm³/mol. The lowest BCUT2D eigenvalue weighted by Crippen LogP contribution is -2.35. The summed E-state index contributed by atoms with van der Waals surface area (Å²) >= 11 is 0. The molecule has 162 valence electrons. The van der Waals surface area contributed by atoms with Crippen molar-refractivity contribution < 1.29 is 13.6 Å². The molecule has 0 aliphatic heterocycles. The number of nitrogens with zero attached hydrogens (tertiary/aromatic N) is 1. The number of carbonyl (C=O) groups is 1. The predicted octanol–water partition coefficient (Wildman–Crippen LogP) is 5.35. The fourth-order valence-corrected chi connectivity index (χ4v) is 3.44. The minimum atomic E-state index is -0.468. The number of aryl methyl sites for hydroxylation is 1. The van der Waals surface area contributed by atoms with Gasteiger partial charge in [-0.15, -0.1) is 0 Å². The number of hydrogen-bond donors (Lipinski definition) is 2. The number of pyridine rings is 1. The van der Waals surface area contributed by atoms with E-state index in [1.807, 2.05) is 25.1 Å². The molecular weight excluding hydrogens is 412 g/mol. The van der Waals surface area contributed by atoms with Crippen molar-refractivity contribution in [3.8, 4) is 0 Å². The Morgan fingerprint density at radius 1 is 0.906 bits per heavy atom. The molecule has 1 heterocycles. The summed E-state index contributed by atoms with van der Waals surface area (Å²) in [6.07, 6.45) is 0. The van der Waals surface area contributed by atoms with Gasteiger partial charge in [-0.1, -0.05) is 23.8 Å². The lowest BCUT2D eigenvalue weighted by atomic mass is 10.1. The summed E-state index contributed by atoms with van der Waals surface area (Å²) in [6, 6.07) is 18.2. The number of benzene rings is 3. The Morgan fingerprint density at radius 3 is 2.25 bits per heavy atom. The topological polar surface area (TPSA) is 65.2 Å². The Kier molecular flexibility index (Phi) is 5.98. The first-order valence-electron chi connectivity index (χ1n) is 10.1. The number of H-pyrrole nitrogens is 1. The van der Waals surface area contributed by atoms with Crippen LogP contribution in [0.5, 0.6) is 0 Å². The molecule has 3 aromatic carbocycles. The molecule has 5 nitrogen and oxygen atoms in total. The molecule has 0 fully saturated rings. The Hall–Kier alpha value is -4.00. The Balaban J connectivity index is 1.64. The maximum Gasteiger partial charge on any atom is 0.322 e. The Labute approximate surface area is 183 Å². The standard InChI is InChI=1S/C25H21F2N3O2/c1-16-2-11-23-18(12-16)13-19(24(31)29-23)15-30(14-17-3-5-20(26)6-4-17)25(32)28-22-9-7-21(27)8-10-22/h2-13H,14-15H2,1H3,(H,28,32)(H,29,31). The number of urea groups is 1. The van der Waals surface area contributed by atoms with Gasteiger partial charge in [-0.05, 0) is 72.5 Å². The van der Waals surface area contributed by atoms with Crippen LogP contribution < -0.4 is 10.9 Å². The molecule has 0 saturated carbocycles. The first kappa shape index (κ1) is 21.2. The van der Waals surface area contributed by atoms with Crippen molar-refractivity contribution in [3.63, 3.8) is 0 Å². The molecule has 0 spiro atoms. The zero-order valence-corrected chi connectivity index (χ0v) is 17.4. The number of aromatic nitrogens is 1. The second-order valence-corrected chi connectivity index (χ2v) is 7.63. The minimum Gasteiger partial charge on any atom is -0.322 e. The van der Waals surface area contributed by atoms with Gasteiger partial charge in [0.05, 0.1) is 6.54 Å². The van der Waals surface area contributed by atoms with Crippen molar-refractivity contribution in [3.05, 3.63) is 111 Å². The lowest BCUT2D eigenvalue weighted by molar-refractivity contribution is 0.206. The number of rotatable bonds is 5. The molecule has 0 radical (unpaired) electrons. The summed E-state index contributed by atoms with van der Waals surface area (Å²) < 4.78 is 26.5. The smallest absolute Gasteiger partial charge is 0.322 e. The van der Waals surface area contributed by atoms with E-state index in [9.17, 15) is 18.4 Å². The second-order valence-electron chi connectivity index (χ2n) is 7.63. The van der Waals surface area contributed by atoms with Crippen LogP contribution in [0.25, 0.3) is 10.9 Å². The maximum atomic E-state index is 13.3. The van der Waals surface area contributed by atoms with Gasteiger partial charge in [0.25, 0.3) is 5.56 Å². The zero-order chi connectivity index (χ0) is 22.7. The number of amides is 2. The summed E-state index contributed by atoms with van der Waals surface area (Å²) in [5.41, 5.74) is 3.01. The molecule has 32 heavy (non-hydrogen) atoms. The molecule has 0 unspecified atom stereocenters. The molecule has 1 aromatic heterocycles. The van der Waals surface area contributed by atoms with Gasteiger partial charge in [0, 0.05) is 23.3 Å². The van der Waals surface area contributed by atoms with Crippen molar-refractivity contribution in [1.29, 1.82) is 0 Å². The molecule has 7 heteroatoms. The highest BCUT2D eigenvalue weighted by Crippen LogP contribution is 2.17. The van der Waals surface area contributed by atoms with E-state index in [-0.39, 0.29) is 24.5 Å². The van der Waals surface area contributed by atoms with Gasteiger partial charge < -0.3 is 15.2 Å². The van der Waals surface area contributed by atoms with Gasteiger partial charge in [0.2, 0.25) is 0 Å². The van der Waals surface area contributed by atoms with Gasteiger partial charge >= 0.3 is 6.03 Å². The van der Waals surface area contributed by atoms with E-state index >= 15 is 0 Å². The summed E-state index contributed by atoms with van der Waals surface area (Å²) in [5.74, 6) is -0.790. The highest BCUT2D eigenvalue weighted by atomic mass is 19.1. The highest BCUT2D eigenvalue weighted by Gasteiger charge is 2.17. The number of fused-ring (bicyclic) bond motifs is 1. The van der Waals surface area contributed by atoms with Crippen LogP contribution in [-0.2, 0) is 13.1 Å². The van der Waals surface area contributed by atoms with Crippen molar-refractivity contribution in [2.45, 2.75) is 20.0 Å². The van der Waals surface area contributed by atoms with Crippen molar-refractivity contribution >= 4 is 22.6 Å². The molecule has 2 N–H and O–H groups in total. The molecular formula is C25H21F2N3O2. The van der Waals surface area contributed by atoms with E-state index in [4.69, 9.17) is 0 Å². The van der Waals surface area contributed by atoms with E-state index in [1.54, 1.807) is 18.2 Å². The second kappa shape index (κ2) is 9.01. The first-order valence-corrected chi connectivity index (χ1v) is 10.1. The van der Waals surface area contributed by atoms with Crippen molar-refractivity contribution in [1.82, 2.24) is 9.88 Å². The van der Waals surface area contributed by atoms with Crippen LogP contribution in [-0.4, -0.2) is 15.9 Å². The molecule has 0 bridgehead atoms. The van der Waals surface area contributed by atoms with E-state index in [2.05, 4.69) is 10.3 Å². The molecule has 0 atom stereocenters. The Bertz CT molecular complexity index is 1320. The third-order valence-corrected chi connectivity index (χ3v) is 5.11. The Morgan fingerprint density at radius 2 is 1.56 bits per heavy atom. The fraction of sp³-hybridized carbons (Fsp3) is 0.120. The van der Waals surface area contributed by atoms with Gasteiger partial charge in [-0.3, -0.25) is 4.79 Å². The normalized spacial score (nSPS) is 10.8. The maximum absolute atomic E-state index is 13.3. The van der Waals surface area contributed by atoms with Crippen LogP contribution in [0.4, 0.5) is 19.3 Å². The molecule has 4 rings (SSSR count). The highest BCUT2D eigenvalue weighted by molar-refractivity contribution is 5.89. The third kappa shape index (κ3) is 5.00. The molecule has 2 amide bonds. The number of hydrogen-bond acceptors (Lipinski definition) is 2. The quantitative estimate of drug-likeness (QED) is 0.446. The monoisotopic (exact) mass is 433 g/mol.